The molecule has 3 nitrogen and oxygen atoms in total. The van der Waals surface area contributed by atoms with E-state index in [1.54, 1.807) is 0 Å². The van der Waals surface area contributed by atoms with Gasteiger partial charge >= 0.3 is 0 Å². The van der Waals surface area contributed by atoms with E-state index in [2.05, 4.69) is 55.4 Å². The molecular weight excluding hydrogens is 466 g/mol. The van der Waals surface area contributed by atoms with Crippen LogP contribution in [0.4, 0.5) is 0 Å². The molecule has 0 bridgehead atoms. The van der Waals surface area contributed by atoms with Crippen molar-refractivity contribution in [2.75, 3.05) is 6.61 Å². The van der Waals surface area contributed by atoms with Crippen molar-refractivity contribution in [1.82, 2.24) is 5.16 Å². The zero-order valence-electron chi connectivity index (χ0n) is 23.9. The van der Waals surface area contributed by atoms with E-state index in [1.807, 2.05) is 18.2 Å². The minimum absolute atomic E-state index is 0.714. The monoisotopic (exact) mass is 515 g/mol. The third-order valence-corrected chi connectivity index (χ3v) is 8.41. The molecule has 0 saturated heterocycles. The van der Waals surface area contributed by atoms with Crippen molar-refractivity contribution in [1.29, 1.82) is 0 Å². The Morgan fingerprint density at radius 2 is 1.34 bits per heavy atom. The van der Waals surface area contributed by atoms with Crippen LogP contribution in [0.1, 0.15) is 122 Å². The SMILES string of the molecule is CCCCCCCCCOc1ccc(-c2cc(-c3ccc(C4CCC(CCCCC)CC4)cc3)no2)cc1. The molecule has 1 aromatic heterocycles. The van der Waals surface area contributed by atoms with Crippen molar-refractivity contribution in [3.8, 4) is 28.3 Å². The Labute approximate surface area is 231 Å². The smallest absolute Gasteiger partial charge is 0.167 e. The van der Waals surface area contributed by atoms with Gasteiger partial charge in [-0.1, -0.05) is 107 Å². The second-order valence-electron chi connectivity index (χ2n) is 11.4. The molecule has 0 radical (unpaired) electrons. The Morgan fingerprint density at radius 1 is 0.711 bits per heavy atom. The second kappa shape index (κ2) is 15.8. The molecule has 38 heavy (non-hydrogen) atoms. The van der Waals surface area contributed by atoms with E-state index in [9.17, 15) is 0 Å². The lowest BCUT2D eigenvalue weighted by molar-refractivity contribution is 0.303. The predicted molar refractivity (Wildman–Crippen MR) is 160 cm³/mol. The van der Waals surface area contributed by atoms with Gasteiger partial charge in [0.25, 0.3) is 0 Å². The standard InChI is InChI=1S/C35H49NO2/c1-3-5-7-8-9-10-12-26-37-33-24-22-32(23-25-33)35-27-34(36-38-35)31-20-18-30(19-21-31)29-16-14-28(15-17-29)13-11-6-4-2/h18-25,27-29H,3-17,26H2,1-2H3. The molecule has 3 heteroatoms. The fourth-order valence-electron chi connectivity index (χ4n) is 5.91. The summed E-state index contributed by atoms with van der Waals surface area (Å²) >= 11 is 0. The number of nitrogens with zero attached hydrogens (tertiary/aromatic N) is 1. The Kier molecular flexibility index (Phi) is 11.8. The van der Waals surface area contributed by atoms with Crippen molar-refractivity contribution in [3.05, 3.63) is 60.2 Å². The first kappa shape index (κ1) is 28.5. The van der Waals surface area contributed by atoms with Gasteiger partial charge in [0, 0.05) is 17.2 Å². The van der Waals surface area contributed by atoms with Crippen LogP contribution in [0, 0.1) is 5.92 Å². The first-order valence-corrected chi connectivity index (χ1v) is 15.6. The minimum atomic E-state index is 0.714. The van der Waals surface area contributed by atoms with Crippen LogP contribution in [0.2, 0.25) is 0 Å². The molecule has 0 amide bonds. The summed E-state index contributed by atoms with van der Waals surface area (Å²) in [4.78, 5) is 0. The molecule has 0 N–H and O–H groups in total. The van der Waals surface area contributed by atoms with Gasteiger partial charge in [0.15, 0.2) is 5.76 Å². The van der Waals surface area contributed by atoms with Crippen LogP contribution in [0.15, 0.2) is 59.1 Å². The lowest BCUT2D eigenvalue weighted by atomic mass is 9.77. The van der Waals surface area contributed by atoms with Crippen LogP contribution < -0.4 is 4.74 Å². The highest BCUT2D eigenvalue weighted by Gasteiger charge is 2.22. The molecule has 1 fully saturated rings. The van der Waals surface area contributed by atoms with Gasteiger partial charge in [-0.05, 0) is 73.8 Å². The van der Waals surface area contributed by atoms with Gasteiger partial charge in [-0.2, -0.15) is 0 Å². The van der Waals surface area contributed by atoms with Crippen LogP contribution in [-0.4, -0.2) is 11.8 Å². The van der Waals surface area contributed by atoms with Crippen molar-refractivity contribution in [3.63, 3.8) is 0 Å². The number of hydrogen-bond acceptors (Lipinski definition) is 3. The van der Waals surface area contributed by atoms with Crippen molar-refractivity contribution < 1.29 is 9.26 Å². The zero-order valence-corrected chi connectivity index (χ0v) is 23.9. The van der Waals surface area contributed by atoms with Gasteiger partial charge < -0.3 is 9.26 Å². The molecule has 0 atom stereocenters. The van der Waals surface area contributed by atoms with E-state index in [4.69, 9.17) is 9.26 Å². The van der Waals surface area contributed by atoms with Crippen LogP contribution in [0.3, 0.4) is 0 Å². The molecule has 206 valence electrons. The highest BCUT2D eigenvalue weighted by Crippen LogP contribution is 2.38. The van der Waals surface area contributed by atoms with E-state index in [0.29, 0.717) is 5.92 Å². The second-order valence-corrected chi connectivity index (χ2v) is 11.4. The first-order valence-electron chi connectivity index (χ1n) is 15.6. The average Bonchev–Trinajstić information content (AvgIpc) is 3.46. The van der Waals surface area contributed by atoms with Crippen LogP contribution >= 0.6 is 0 Å². The van der Waals surface area contributed by atoms with Gasteiger partial charge in [0.2, 0.25) is 0 Å². The number of ether oxygens (including phenoxy) is 1. The lowest BCUT2D eigenvalue weighted by Crippen LogP contribution is -2.13. The predicted octanol–water partition coefficient (Wildman–Crippen LogP) is 11.0. The summed E-state index contributed by atoms with van der Waals surface area (Å²) in [5, 5.41) is 4.36. The fraction of sp³-hybridized carbons (Fsp3) is 0.571. The number of hydrogen-bond donors (Lipinski definition) is 0. The Balaban J connectivity index is 1.22. The molecule has 0 aliphatic heterocycles. The van der Waals surface area contributed by atoms with Crippen molar-refractivity contribution in [2.45, 2.75) is 116 Å². The highest BCUT2D eigenvalue weighted by molar-refractivity contribution is 5.67. The summed E-state index contributed by atoms with van der Waals surface area (Å²) in [6.45, 7) is 5.35. The number of aromatic nitrogens is 1. The number of benzene rings is 2. The lowest BCUT2D eigenvalue weighted by Gasteiger charge is -2.29. The topological polar surface area (TPSA) is 35.3 Å². The van der Waals surface area contributed by atoms with Crippen molar-refractivity contribution in [2.24, 2.45) is 5.92 Å². The molecule has 4 rings (SSSR count). The van der Waals surface area contributed by atoms with Gasteiger partial charge in [0.05, 0.1) is 6.61 Å². The number of unbranched alkanes of at least 4 members (excludes halogenated alkanes) is 8. The summed E-state index contributed by atoms with van der Waals surface area (Å²) in [6, 6.07) is 19.3. The Hall–Kier alpha value is -2.55. The molecule has 3 aromatic rings. The largest absolute Gasteiger partial charge is 0.494 e. The molecule has 0 spiro atoms. The number of rotatable bonds is 16. The molecule has 1 heterocycles. The van der Waals surface area contributed by atoms with Gasteiger partial charge in [-0.15, -0.1) is 0 Å². The summed E-state index contributed by atoms with van der Waals surface area (Å²) in [6.07, 6.45) is 20.1. The van der Waals surface area contributed by atoms with E-state index in [0.717, 1.165) is 47.3 Å². The van der Waals surface area contributed by atoms with Crippen LogP contribution in [0.25, 0.3) is 22.6 Å². The first-order chi connectivity index (χ1) is 18.8. The summed E-state index contributed by atoms with van der Waals surface area (Å²) in [7, 11) is 0. The molecule has 1 aliphatic rings. The third-order valence-electron chi connectivity index (χ3n) is 8.41. The third kappa shape index (κ3) is 8.75. The normalized spacial score (nSPS) is 17.5. The van der Waals surface area contributed by atoms with Gasteiger partial charge in [-0.25, -0.2) is 0 Å². The fourth-order valence-corrected chi connectivity index (χ4v) is 5.91. The van der Waals surface area contributed by atoms with E-state index >= 15 is 0 Å². The Morgan fingerprint density at radius 3 is 2.05 bits per heavy atom. The molecule has 1 aliphatic carbocycles. The van der Waals surface area contributed by atoms with Crippen LogP contribution in [0.5, 0.6) is 5.75 Å². The highest BCUT2D eigenvalue weighted by atomic mass is 16.5. The molecular formula is C35H49NO2. The maximum absolute atomic E-state index is 5.94. The summed E-state index contributed by atoms with van der Waals surface area (Å²) in [5.41, 5.74) is 4.52. The summed E-state index contributed by atoms with van der Waals surface area (Å²) < 4.78 is 11.6. The van der Waals surface area contributed by atoms with Gasteiger partial charge in [-0.3, -0.25) is 0 Å². The van der Waals surface area contributed by atoms with Crippen molar-refractivity contribution >= 4 is 0 Å². The summed E-state index contributed by atoms with van der Waals surface area (Å²) in [5.74, 6) is 3.39. The van der Waals surface area contributed by atoms with E-state index < -0.39 is 0 Å². The zero-order chi connectivity index (χ0) is 26.4. The molecule has 2 aromatic carbocycles. The maximum atomic E-state index is 5.94. The molecule has 0 unspecified atom stereocenters. The minimum Gasteiger partial charge on any atom is -0.494 e. The molecule has 1 saturated carbocycles. The maximum Gasteiger partial charge on any atom is 0.167 e. The average molecular weight is 516 g/mol. The van der Waals surface area contributed by atoms with Gasteiger partial charge in [0.1, 0.15) is 11.4 Å². The quantitative estimate of drug-likeness (QED) is 0.178. The van der Waals surface area contributed by atoms with Crippen LogP contribution in [-0.2, 0) is 0 Å². The Bertz CT molecular complexity index is 1030. The van der Waals surface area contributed by atoms with E-state index in [1.165, 1.54) is 95.5 Å². The van der Waals surface area contributed by atoms with E-state index in [-0.39, 0.29) is 0 Å².